The third-order valence-electron chi connectivity index (χ3n) is 3.86. The number of aliphatic hydroxyl groups is 1. The summed E-state index contributed by atoms with van der Waals surface area (Å²) in [5, 5.41) is 15.0. The molecule has 3 nitrogen and oxygen atoms in total. The van der Waals surface area contributed by atoms with Crippen molar-refractivity contribution in [2.24, 2.45) is 0 Å². The Morgan fingerprint density at radius 2 is 1.70 bits per heavy atom. The fourth-order valence-electron chi connectivity index (χ4n) is 2.70. The lowest BCUT2D eigenvalue weighted by Gasteiger charge is -2.13. The highest BCUT2D eigenvalue weighted by Crippen LogP contribution is 2.22. The molecule has 3 aromatic rings. The Hall–Kier alpha value is -2.65. The first-order chi connectivity index (χ1) is 11.1. The number of carbonyl (C=O) groups excluding carboxylic acids is 1. The largest absolute Gasteiger partial charge is 0.389 e. The molecular weight excluding hydrogens is 286 g/mol. The number of anilines is 1. The van der Waals surface area contributed by atoms with Gasteiger partial charge in [-0.05, 0) is 29.3 Å². The molecule has 1 atom stereocenters. The summed E-state index contributed by atoms with van der Waals surface area (Å²) in [6.07, 6.45) is -0.314. The lowest BCUT2D eigenvalue weighted by atomic mass is 10.0. The lowest BCUT2D eigenvalue weighted by Crippen LogP contribution is -2.16. The topological polar surface area (TPSA) is 49.3 Å². The summed E-state index contributed by atoms with van der Waals surface area (Å²) in [6, 6.07) is 21.4. The van der Waals surface area contributed by atoms with Crippen LogP contribution in [0.15, 0.2) is 66.7 Å². The van der Waals surface area contributed by atoms with Crippen LogP contribution < -0.4 is 5.32 Å². The zero-order valence-corrected chi connectivity index (χ0v) is 13.0. The number of hydrogen-bond donors (Lipinski definition) is 2. The van der Waals surface area contributed by atoms with Gasteiger partial charge in [-0.1, -0.05) is 60.7 Å². The van der Waals surface area contributed by atoms with Crippen LogP contribution in [0.25, 0.3) is 10.8 Å². The predicted molar refractivity (Wildman–Crippen MR) is 93.4 cm³/mol. The van der Waals surface area contributed by atoms with Crippen LogP contribution in [0.5, 0.6) is 0 Å². The van der Waals surface area contributed by atoms with Gasteiger partial charge in [-0.3, -0.25) is 4.79 Å². The van der Waals surface area contributed by atoms with Gasteiger partial charge in [0.25, 0.3) is 0 Å². The molecule has 0 bridgehead atoms. The molecule has 0 aromatic heterocycles. The number of nitrogens with one attached hydrogen (secondary N) is 1. The van der Waals surface area contributed by atoms with Crippen LogP contribution in [0.2, 0.25) is 0 Å². The third kappa shape index (κ3) is 3.58. The maximum atomic E-state index is 12.3. The molecule has 3 heteroatoms. The Balaban J connectivity index is 1.76. The first-order valence-electron chi connectivity index (χ1n) is 7.68. The second-order valence-electron chi connectivity index (χ2n) is 5.67. The van der Waals surface area contributed by atoms with Gasteiger partial charge < -0.3 is 10.4 Å². The van der Waals surface area contributed by atoms with Crippen molar-refractivity contribution < 1.29 is 9.90 Å². The number of amides is 1. The van der Waals surface area contributed by atoms with Crippen LogP contribution in [0.4, 0.5) is 5.69 Å². The summed E-state index contributed by atoms with van der Waals surface area (Å²) in [7, 11) is 0. The van der Waals surface area contributed by atoms with Crippen LogP contribution in [-0.2, 0) is 11.2 Å². The third-order valence-corrected chi connectivity index (χ3v) is 3.86. The molecule has 0 aliphatic carbocycles. The van der Waals surface area contributed by atoms with Crippen LogP contribution >= 0.6 is 0 Å². The normalized spacial score (nSPS) is 12.1. The Morgan fingerprint density at radius 1 is 1.00 bits per heavy atom. The molecule has 0 saturated carbocycles. The summed E-state index contributed by atoms with van der Waals surface area (Å²) < 4.78 is 0. The monoisotopic (exact) mass is 305 g/mol. The molecule has 3 aromatic carbocycles. The number of carbonyl (C=O) groups is 1. The second kappa shape index (κ2) is 6.63. The number of para-hydroxylation sites is 1. The van der Waals surface area contributed by atoms with E-state index < -0.39 is 6.10 Å². The number of aliphatic hydroxyl groups excluding tert-OH is 1. The van der Waals surface area contributed by atoms with E-state index in [-0.39, 0.29) is 5.91 Å². The van der Waals surface area contributed by atoms with Crippen molar-refractivity contribution >= 4 is 22.4 Å². The van der Waals surface area contributed by atoms with Gasteiger partial charge >= 0.3 is 0 Å². The van der Waals surface area contributed by atoms with E-state index in [1.165, 1.54) is 0 Å². The Kier molecular flexibility index (Phi) is 4.40. The number of fused-ring (bicyclic) bond motifs is 1. The van der Waals surface area contributed by atoms with E-state index >= 15 is 0 Å². The van der Waals surface area contributed by atoms with Gasteiger partial charge in [0.05, 0.1) is 12.5 Å². The zero-order chi connectivity index (χ0) is 16.2. The smallest absolute Gasteiger partial charge is 0.228 e. The van der Waals surface area contributed by atoms with E-state index in [4.69, 9.17) is 0 Å². The van der Waals surface area contributed by atoms with E-state index in [0.717, 1.165) is 21.9 Å². The Bertz CT molecular complexity index is 840. The number of rotatable bonds is 4. The van der Waals surface area contributed by atoms with Crippen molar-refractivity contribution in [2.45, 2.75) is 19.4 Å². The van der Waals surface area contributed by atoms with E-state index in [1.54, 1.807) is 13.0 Å². The van der Waals surface area contributed by atoms with Crippen LogP contribution in [0, 0.1) is 0 Å². The van der Waals surface area contributed by atoms with Gasteiger partial charge in [-0.25, -0.2) is 0 Å². The average Bonchev–Trinajstić information content (AvgIpc) is 2.55. The molecule has 0 radical (unpaired) electrons. The first-order valence-corrected chi connectivity index (χ1v) is 7.68. The highest BCUT2D eigenvalue weighted by Gasteiger charge is 2.10. The number of benzene rings is 3. The molecule has 0 aliphatic rings. The minimum absolute atomic E-state index is 0.0895. The molecule has 0 fully saturated rings. The highest BCUT2D eigenvalue weighted by molar-refractivity contribution is 5.94. The maximum Gasteiger partial charge on any atom is 0.228 e. The molecule has 116 valence electrons. The van der Waals surface area contributed by atoms with E-state index in [9.17, 15) is 9.90 Å². The zero-order valence-electron chi connectivity index (χ0n) is 13.0. The van der Waals surface area contributed by atoms with Crippen molar-refractivity contribution in [2.75, 3.05) is 5.32 Å². The van der Waals surface area contributed by atoms with Crippen molar-refractivity contribution in [3.8, 4) is 0 Å². The van der Waals surface area contributed by atoms with Crippen molar-refractivity contribution in [1.29, 1.82) is 0 Å². The summed E-state index contributed by atoms with van der Waals surface area (Å²) in [6.45, 7) is 1.69. The fraction of sp³-hybridized carbons (Fsp3) is 0.150. The van der Waals surface area contributed by atoms with Gasteiger partial charge in [0.1, 0.15) is 0 Å². The van der Waals surface area contributed by atoms with Crippen LogP contribution in [-0.4, -0.2) is 11.0 Å². The van der Waals surface area contributed by atoms with Gasteiger partial charge in [0.2, 0.25) is 5.91 Å². The second-order valence-corrected chi connectivity index (χ2v) is 5.67. The summed E-state index contributed by atoms with van der Waals surface area (Å²) in [4.78, 5) is 12.3. The maximum absolute atomic E-state index is 12.3. The summed E-state index contributed by atoms with van der Waals surface area (Å²) in [5.41, 5.74) is 2.35. The van der Waals surface area contributed by atoms with Crippen LogP contribution in [0.1, 0.15) is 24.2 Å². The van der Waals surface area contributed by atoms with Gasteiger partial charge in [0, 0.05) is 11.3 Å². The van der Waals surface area contributed by atoms with Crippen LogP contribution in [0.3, 0.4) is 0 Å². The highest BCUT2D eigenvalue weighted by atomic mass is 16.3. The Morgan fingerprint density at radius 3 is 2.48 bits per heavy atom. The van der Waals surface area contributed by atoms with Gasteiger partial charge in [-0.15, -0.1) is 0 Å². The van der Waals surface area contributed by atoms with Gasteiger partial charge in [0.15, 0.2) is 0 Å². The standard InChI is InChI=1S/C20H19NO2/c1-14(22)18-8-4-5-9-19(18)21-20(23)13-15-10-11-16-6-2-3-7-17(16)12-15/h2-12,14,22H,13H2,1H3,(H,21,23). The van der Waals surface area contributed by atoms with Gasteiger partial charge in [-0.2, -0.15) is 0 Å². The molecule has 0 heterocycles. The molecule has 0 spiro atoms. The molecule has 0 saturated heterocycles. The lowest BCUT2D eigenvalue weighted by molar-refractivity contribution is -0.115. The van der Waals surface area contributed by atoms with Crippen molar-refractivity contribution in [3.63, 3.8) is 0 Å². The number of hydrogen-bond acceptors (Lipinski definition) is 2. The first kappa shape index (κ1) is 15.3. The minimum atomic E-state index is -0.618. The molecule has 2 N–H and O–H groups in total. The van der Waals surface area contributed by atoms with E-state index in [1.807, 2.05) is 54.6 Å². The molecule has 3 rings (SSSR count). The molecule has 1 unspecified atom stereocenters. The summed E-state index contributed by atoms with van der Waals surface area (Å²) in [5.74, 6) is -0.0895. The molecule has 1 amide bonds. The van der Waals surface area contributed by atoms with E-state index in [0.29, 0.717) is 12.1 Å². The Labute approximate surface area is 135 Å². The quantitative estimate of drug-likeness (QED) is 0.763. The minimum Gasteiger partial charge on any atom is -0.389 e. The molecular formula is C20H19NO2. The van der Waals surface area contributed by atoms with Crippen molar-refractivity contribution in [1.82, 2.24) is 0 Å². The summed E-state index contributed by atoms with van der Waals surface area (Å²) >= 11 is 0. The molecule has 0 aliphatic heterocycles. The fourth-order valence-corrected chi connectivity index (χ4v) is 2.70. The SMILES string of the molecule is CC(O)c1ccccc1NC(=O)Cc1ccc2ccccc2c1. The molecule has 23 heavy (non-hydrogen) atoms. The van der Waals surface area contributed by atoms with E-state index in [2.05, 4.69) is 11.4 Å². The van der Waals surface area contributed by atoms with Crippen molar-refractivity contribution in [3.05, 3.63) is 77.9 Å². The average molecular weight is 305 g/mol. The predicted octanol–water partition coefficient (Wildman–Crippen LogP) is 4.07.